The second kappa shape index (κ2) is 6.27. The van der Waals surface area contributed by atoms with Crippen LogP contribution in [-0.2, 0) is 19.4 Å². The van der Waals surface area contributed by atoms with Crippen molar-refractivity contribution in [1.29, 1.82) is 0 Å². The molecule has 0 saturated carbocycles. The molecule has 3 rings (SSSR count). The van der Waals surface area contributed by atoms with Gasteiger partial charge in [0.15, 0.2) is 0 Å². The largest absolute Gasteiger partial charge is 0.323 e. The molecule has 4 heteroatoms. The van der Waals surface area contributed by atoms with E-state index in [1.165, 1.54) is 11.1 Å². The number of hydrogen-bond acceptors (Lipinski definition) is 2. The van der Waals surface area contributed by atoms with Crippen molar-refractivity contribution in [3.05, 3.63) is 59.7 Å². The minimum absolute atomic E-state index is 0.576. The van der Waals surface area contributed by atoms with Crippen LogP contribution in [0.1, 0.15) is 23.9 Å². The fourth-order valence-electron chi connectivity index (χ4n) is 2.71. The summed E-state index contributed by atoms with van der Waals surface area (Å²) in [7, 11) is 0. The zero-order valence-electron chi connectivity index (χ0n) is 12.1. The molecule has 2 heterocycles. The van der Waals surface area contributed by atoms with Gasteiger partial charge in [0, 0.05) is 25.0 Å². The lowest BCUT2D eigenvalue weighted by molar-refractivity contribution is 0.748. The fraction of sp³-hybridized carbons (Fsp3) is 0.294. The van der Waals surface area contributed by atoms with Crippen LogP contribution in [0.15, 0.2) is 42.7 Å². The topological polar surface area (TPSA) is 30.7 Å². The Hall–Kier alpha value is -1.87. The van der Waals surface area contributed by atoms with Crippen LogP contribution in [-0.4, -0.2) is 20.4 Å². The minimum Gasteiger partial charge on any atom is -0.323 e. The molecule has 0 radical (unpaired) electrons. The predicted octanol–water partition coefficient (Wildman–Crippen LogP) is 3.82. The SMILES string of the molecule is CCc1ccccc1Cn1c(CCCl)nc2cnccc21. The van der Waals surface area contributed by atoms with E-state index in [-0.39, 0.29) is 0 Å². The van der Waals surface area contributed by atoms with Gasteiger partial charge in [-0.15, -0.1) is 11.6 Å². The van der Waals surface area contributed by atoms with Crippen molar-refractivity contribution in [1.82, 2.24) is 14.5 Å². The number of rotatable bonds is 5. The monoisotopic (exact) mass is 299 g/mol. The summed E-state index contributed by atoms with van der Waals surface area (Å²) in [6.45, 7) is 3.02. The van der Waals surface area contributed by atoms with Crippen LogP contribution in [0.3, 0.4) is 0 Å². The van der Waals surface area contributed by atoms with Gasteiger partial charge in [-0.1, -0.05) is 31.2 Å². The molecule has 0 bridgehead atoms. The molecule has 0 spiro atoms. The third-order valence-corrected chi connectivity index (χ3v) is 3.96. The van der Waals surface area contributed by atoms with Gasteiger partial charge in [0.25, 0.3) is 0 Å². The molecule has 2 aromatic heterocycles. The molecule has 0 aliphatic heterocycles. The number of benzene rings is 1. The standard InChI is InChI=1S/C17H18ClN3/c1-2-13-5-3-4-6-14(13)12-21-16-8-10-19-11-15(16)20-17(21)7-9-18/h3-6,8,10-11H,2,7,9,12H2,1H3. The molecular weight excluding hydrogens is 282 g/mol. The van der Waals surface area contributed by atoms with Crippen molar-refractivity contribution >= 4 is 22.6 Å². The van der Waals surface area contributed by atoms with Gasteiger partial charge in [0.2, 0.25) is 0 Å². The minimum atomic E-state index is 0.576. The molecular formula is C17H18ClN3. The second-order valence-corrected chi connectivity index (χ2v) is 5.42. The number of hydrogen-bond donors (Lipinski definition) is 0. The van der Waals surface area contributed by atoms with E-state index < -0.39 is 0 Å². The van der Waals surface area contributed by atoms with Crippen LogP contribution < -0.4 is 0 Å². The van der Waals surface area contributed by atoms with Crippen molar-refractivity contribution < 1.29 is 0 Å². The van der Waals surface area contributed by atoms with Gasteiger partial charge >= 0.3 is 0 Å². The Morgan fingerprint density at radius 2 is 1.95 bits per heavy atom. The number of alkyl halides is 1. The number of halogens is 1. The normalized spacial score (nSPS) is 11.1. The van der Waals surface area contributed by atoms with E-state index in [0.717, 1.165) is 36.2 Å². The van der Waals surface area contributed by atoms with Crippen LogP contribution in [0.25, 0.3) is 11.0 Å². The van der Waals surface area contributed by atoms with E-state index >= 15 is 0 Å². The smallest absolute Gasteiger partial charge is 0.111 e. The highest BCUT2D eigenvalue weighted by molar-refractivity contribution is 6.17. The molecule has 3 aromatic rings. The van der Waals surface area contributed by atoms with Gasteiger partial charge in [-0.05, 0) is 23.6 Å². The molecule has 1 aromatic carbocycles. The van der Waals surface area contributed by atoms with E-state index in [1.54, 1.807) is 0 Å². The lowest BCUT2D eigenvalue weighted by atomic mass is 10.1. The Labute approximate surface area is 129 Å². The average Bonchev–Trinajstić information content (AvgIpc) is 2.86. The first kappa shape index (κ1) is 14.1. The highest BCUT2D eigenvalue weighted by Gasteiger charge is 2.11. The maximum Gasteiger partial charge on any atom is 0.111 e. The van der Waals surface area contributed by atoms with Gasteiger partial charge in [-0.3, -0.25) is 4.98 Å². The van der Waals surface area contributed by atoms with E-state index in [4.69, 9.17) is 11.6 Å². The lowest BCUT2D eigenvalue weighted by Gasteiger charge is -2.12. The summed E-state index contributed by atoms with van der Waals surface area (Å²) in [5.41, 5.74) is 4.78. The first-order chi connectivity index (χ1) is 10.3. The number of aromatic nitrogens is 3. The summed E-state index contributed by atoms with van der Waals surface area (Å²) in [6, 6.07) is 10.6. The summed E-state index contributed by atoms with van der Waals surface area (Å²) in [5, 5.41) is 0. The summed E-state index contributed by atoms with van der Waals surface area (Å²) in [4.78, 5) is 8.83. The van der Waals surface area contributed by atoms with Crippen LogP contribution in [0.2, 0.25) is 0 Å². The molecule has 0 atom stereocenters. The van der Waals surface area contributed by atoms with E-state index in [0.29, 0.717) is 5.88 Å². The maximum atomic E-state index is 5.93. The molecule has 21 heavy (non-hydrogen) atoms. The van der Waals surface area contributed by atoms with Crippen molar-refractivity contribution in [2.75, 3.05) is 5.88 Å². The van der Waals surface area contributed by atoms with E-state index in [2.05, 4.69) is 45.7 Å². The van der Waals surface area contributed by atoms with E-state index in [9.17, 15) is 0 Å². The zero-order chi connectivity index (χ0) is 14.7. The van der Waals surface area contributed by atoms with Gasteiger partial charge in [-0.25, -0.2) is 4.98 Å². The van der Waals surface area contributed by atoms with Crippen LogP contribution in [0.4, 0.5) is 0 Å². The first-order valence-corrected chi connectivity index (χ1v) is 7.78. The fourth-order valence-corrected chi connectivity index (χ4v) is 2.88. The Morgan fingerprint density at radius 3 is 2.71 bits per heavy atom. The average molecular weight is 300 g/mol. The van der Waals surface area contributed by atoms with Gasteiger partial charge in [-0.2, -0.15) is 0 Å². The number of nitrogens with zero attached hydrogens (tertiary/aromatic N) is 3. The molecule has 0 aliphatic rings. The maximum absolute atomic E-state index is 5.93. The quantitative estimate of drug-likeness (QED) is 0.671. The molecule has 3 nitrogen and oxygen atoms in total. The molecule has 0 N–H and O–H groups in total. The second-order valence-electron chi connectivity index (χ2n) is 5.04. The van der Waals surface area contributed by atoms with Gasteiger partial charge < -0.3 is 4.57 Å². The third-order valence-electron chi connectivity index (χ3n) is 3.78. The van der Waals surface area contributed by atoms with Gasteiger partial charge in [0.1, 0.15) is 11.3 Å². The summed E-state index contributed by atoms with van der Waals surface area (Å²) in [6.07, 6.45) is 5.44. The Morgan fingerprint density at radius 1 is 1.14 bits per heavy atom. The molecule has 0 saturated heterocycles. The summed E-state index contributed by atoms with van der Waals surface area (Å²) < 4.78 is 2.26. The Bertz CT molecular complexity index is 749. The third kappa shape index (κ3) is 2.79. The number of imidazole rings is 1. The van der Waals surface area contributed by atoms with Crippen LogP contribution in [0.5, 0.6) is 0 Å². The highest BCUT2D eigenvalue weighted by Crippen LogP contribution is 2.19. The van der Waals surface area contributed by atoms with Crippen LogP contribution in [0, 0.1) is 0 Å². The van der Waals surface area contributed by atoms with Crippen LogP contribution >= 0.6 is 11.6 Å². The summed E-state index contributed by atoms with van der Waals surface area (Å²) >= 11 is 5.93. The Kier molecular flexibility index (Phi) is 4.20. The highest BCUT2D eigenvalue weighted by atomic mass is 35.5. The predicted molar refractivity (Wildman–Crippen MR) is 86.9 cm³/mol. The molecule has 0 amide bonds. The molecule has 0 aliphatic carbocycles. The van der Waals surface area contributed by atoms with E-state index in [1.807, 2.05) is 18.5 Å². The molecule has 0 fully saturated rings. The number of fused-ring (bicyclic) bond motifs is 1. The number of pyridine rings is 1. The lowest BCUT2D eigenvalue weighted by Crippen LogP contribution is -2.07. The van der Waals surface area contributed by atoms with Crippen molar-refractivity contribution in [3.8, 4) is 0 Å². The Balaban J connectivity index is 2.08. The van der Waals surface area contributed by atoms with Crippen molar-refractivity contribution in [2.45, 2.75) is 26.3 Å². The zero-order valence-corrected chi connectivity index (χ0v) is 12.8. The molecule has 0 unspecified atom stereocenters. The van der Waals surface area contributed by atoms with Crippen molar-refractivity contribution in [2.24, 2.45) is 0 Å². The van der Waals surface area contributed by atoms with Gasteiger partial charge in [0.05, 0.1) is 11.7 Å². The molecule has 108 valence electrons. The summed E-state index contributed by atoms with van der Waals surface area (Å²) in [5.74, 6) is 1.60. The number of aryl methyl sites for hydroxylation is 2. The van der Waals surface area contributed by atoms with Crippen molar-refractivity contribution in [3.63, 3.8) is 0 Å². The first-order valence-electron chi connectivity index (χ1n) is 7.25.